The SMILES string of the molecule is COCCn1cc([C@@H]2C[C@H]2C(=O)Nc2cc3cc(Cl)nc(N)c3cn2)cn1. The first-order chi connectivity index (χ1) is 13.0. The summed E-state index contributed by atoms with van der Waals surface area (Å²) in [4.78, 5) is 20.8. The lowest BCUT2D eigenvalue weighted by atomic mass is 10.2. The number of nitrogens with one attached hydrogen (secondary N) is 1. The molecule has 4 rings (SSSR count). The number of anilines is 2. The van der Waals surface area contributed by atoms with Gasteiger partial charge in [-0.25, -0.2) is 9.97 Å². The van der Waals surface area contributed by atoms with Crippen LogP contribution >= 0.6 is 11.6 Å². The summed E-state index contributed by atoms with van der Waals surface area (Å²) in [7, 11) is 1.66. The number of hydrogen-bond acceptors (Lipinski definition) is 6. The molecule has 1 fully saturated rings. The molecule has 9 heteroatoms. The molecule has 0 aromatic carbocycles. The summed E-state index contributed by atoms with van der Waals surface area (Å²) in [6, 6.07) is 3.44. The molecule has 8 nitrogen and oxygen atoms in total. The number of hydrogen-bond donors (Lipinski definition) is 2. The molecule has 2 atom stereocenters. The summed E-state index contributed by atoms with van der Waals surface area (Å²) in [6.45, 7) is 1.30. The van der Waals surface area contributed by atoms with E-state index in [2.05, 4.69) is 20.4 Å². The third-order valence-corrected chi connectivity index (χ3v) is 4.89. The molecule has 0 saturated heterocycles. The molecule has 1 amide bonds. The number of amides is 1. The first kappa shape index (κ1) is 17.7. The van der Waals surface area contributed by atoms with Crippen LogP contribution in [-0.4, -0.2) is 39.4 Å². The van der Waals surface area contributed by atoms with Crippen molar-refractivity contribution in [1.82, 2.24) is 19.7 Å². The highest BCUT2D eigenvalue weighted by molar-refractivity contribution is 6.30. The van der Waals surface area contributed by atoms with Crippen LogP contribution in [0.3, 0.4) is 0 Å². The zero-order valence-electron chi connectivity index (χ0n) is 14.7. The predicted octanol–water partition coefficient (Wildman–Crippen LogP) is 2.45. The van der Waals surface area contributed by atoms with Crippen LogP contribution < -0.4 is 11.1 Å². The Morgan fingerprint density at radius 3 is 3.11 bits per heavy atom. The van der Waals surface area contributed by atoms with Gasteiger partial charge in [0.15, 0.2) is 0 Å². The van der Waals surface area contributed by atoms with Crippen molar-refractivity contribution in [2.75, 3.05) is 24.8 Å². The summed E-state index contributed by atoms with van der Waals surface area (Å²) >= 11 is 5.95. The van der Waals surface area contributed by atoms with Gasteiger partial charge in [0, 0.05) is 30.8 Å². The van der Waals surface area contributed by atoms with Gasteiger partial charge >= 0.3 is 0 Å². The third kappa shape index (κ3) is 3.72. The van der Waals surface area contributed by atoms with E-state index in [4.69, 9.17) is 22.1 Å². The molecule has 1 aliphatic rings. The van der Waals surface area contributed by atoms with Gasteiger partial charge < -0.3 is 15.8 Å². The van der Waals surface area contributed by atoms with Gasteiger partial charge in [0.25, 0.3) is 0 Å². The zero-order valence-corrected chi connectivity index (χ0v) is 15.5. The Kier molecular flexibility index (Phi) is 4.67. The Morgan fingerprint density at radius 1 is 1.44 bits per heavy atom. The smallest absolute Gasteiger partial charge is 0.229 e. The summed E-state index contributed by atoms with van der Waals surface area (Å²) in [5.41, 5.74) is 6.92. The maximum Gasteiger partial charge on any atom is 0.229 e. The fourth-order valence-corrected chi connectivity index (χ4v) is 3.37. The van der Waals surface area contributed by atoms with Crippen molar-refractivity contribution >= 4 is 39.9 Å². The highest BCUT2D eigenvalue weighted by Crippen LogP contribution is 2.47. The number of rotatable bonds is 6. The molecule has 0 spiro atoms. The van der Waals surface area contributed by atoms with Crippen LogP contribution in [0.5, 0.6) is 0 Å². The number of nitrogens with two attached hydrogens (primary N) is 1. The lowest BCUT2D eigenvalue weighted by Gasteiger charge is -2.07. The van der Waals surface area contributed by atoms with Crippen LogP contribution in [0.1, 0.15) is 17.9 Å². The van der Waals surface area contributed by atoms with Crippen molar-refractivity contribution in [3.05, 3.63) is 41.4 Å². The van der Waals surface area contributed by atoms with E-state index < -0.39 is 0 Å². The number of fused-ring (bicyclic) bond motifs is 1. The molecule has 0 aliphatic heterocycles. The van der Waals surface area contributed by atoms with E-state index in [1.165, 1.54) is 0 Å². The third-order valence-electron chi connectivity index (χ3n) is 4.70. The zero-order chi connectivity index (χ0) is 19.0. The Hall–Kier alpha value is -2.71. The van der Waals surface area contributed by atoms with Gasteiger partial charge in [-0.05, 0) is 35.4 Å². The van der Waals surface area contributed by atoms with Crippen molar-refractivity contribution in [1.29, 1.82) is 0 Å². The number of carbonyl (C=O) groups excluding carboxylic acids is 1. The second-order valence-corrected chi connectivity index (χ2v) is 6.98. The maximum absolute atomic E-state index is 12.5. The minimum Gasteiger partial charge on any atom is -0.383 e. The Labute approximate surface area is 160 Å². The minimum absolute atomic E-state index is 0.0513. The summed E-state index contributed by atoms with van der Waals surface area (Å²) in [6.07, 6.45) is 6.19. The van der Waals surface area contributed by atoms with E-state index in [1.54, 1.807) is 25.4 Å². The summed E-state index contributed by atoms with van der Waals surface area (Å²) in [5, 5.41) is 8.96. The standard InChI is InChI=1S/C18H19ClN6O2/c1-27-3-2-25-9-11(7-22-25)12-6-13(12)18(26)24-16-5-10-4-15(19)23-17(20)14(10)8-21-16/h4-5,7-9,12-13H,2-3,6H2,1H3,(H2,20,23)(H,21,24,26)/t12-,13+/m0/s1. The number of nitrogen functional groups attached to an aromatic ring is 1. The van der Waals surface area contributed by atoms with Crippen LogP contribution in [0.25, 0.3) is 10.8 Å². The van der Waals surface area contributed by atoms with Crippen LogP contribution in [0.15, 0.2) is 30.7 Å². The lowest BCUT2D eigenvalue weighted by Crippen LogP contribution is -2.15. The number of carbonyl (C=O) groups is 1. The van der Waals surface area contributed by atoms with E-state index in [0.717, 1.165) is 17.4 Å². The van der Waals surface area contributed by atoms with E-state index in [1.807, 2.05) is 17.1 Å². The fraction of sp³-hybridized carbons (Fsp3) is 0.333. The average molecular weight is 387 g/mol. The highest BCUT2D eigenvalue weighted by atomic mass is 35.5. The van der Waals surface area contributed by atoms with Gasteiger partial charge in [0.1, 0.15) is 16.8 Å². The van der Waals surface area contributed by atoms with Gasteiger partial charge in [0.2, 0.25) is 5.91 Å². The molecule has 3 N–H and O–H groups in total. The predicted molar refractivity (Wildman–Crippen MR) is 103 cm³/mol. The van der Waals surface area contributed by atoms with Crippen molar-refractivity contribution < 1.29 is 9.53 Å². The van der Waals surface area contributed by atoms with Crippen molar-refractivity contribution in [3.63, 3.8) is 0 Å². The normalized spacial score (nSPS) is 18.6. The Morgan fingerprint density at radius 2 is 2.30 bits per heavy atom. The van der Waals surface area contributed by atoms with Gasteiger partial charge in [-0.3, -0.25) is 9.48 Å². The quantitative estimate of drug-likeness (QED) is 0.630. The lowest BCUT2D eigenvalue weighted by molar-refractivity contribution is -0.117. The number of pyridine rings is 2. The molecule has 0 bridgehead atoms. The molecule has 27 heavy (non-hydrogen) atoms. The molecule has 3 aromatic heterocycles. The minimum atomic E-state index is -0.0753. The van der Waals surface area contributed by atoms with E-state index in [9.17, 15) is 4.79 Å². The molecular weight excluding hydrogens is 368 g/mol. The largest absolute Gasteiger partial charge is 0.383 e. The molecule has 3 heterocycles. The van der Waals surface area contributed by atoms with Crippen molar-refractivity contribution in [2.24, 2.45) is 5.92 Å². The van der Waals surface area contributed by atoms with Crippen molar-refractivity contribution in [2.45, 2.75) is 18.9 Å². The molecule has 1 saturated carbocycles. The maximum atomic E-state index is 12.5. The van der Waals surface area contributed by atoms with Crippen LogP contribution in [0.4, 0.5) is 11.6 Å². The van der Waals surface area contributed by atoms with Crippen molar-refractivity contribution in [3.8, 4) is 0 Å². The van der Waals surface area contributed by atoms with Gasteiger partial charge in [-0.2, -0.15) is 5.10 Å². The monoisotopic (exact) mass is 386 g/mol. The van der Waals surface area contributed by atoms with Gasteiger partial charge in [-0.15, -0.1) is 0 Å². The molecule has 3 aromatic rings. The van der Waals surface area contributed by atoms with E-state index in [-0.39, 0.29) is 17.7 Å². The van der Waals surface area contributed by atoms with Crippen LogP contribution in [-0.2, 0) is 16.1 Å². The number of nitrogens with zero attached hydrogens (tertiary/aromatic N) is 4. The highest BCUT2D eigenvalue weighted by Gasteiger charge is 2.44. The Balaban J connectivity index is 1.43. The number of methoxy groups -OCH3 is 1. The average Bonchev–Trinajstić information content (AvgIpc) is 3.30. The second kappa shape index (κ2) is 7.13. The molecule has 0 radical (unpaired) electrons. The van der Waals surface area contributed by atoms with Crippen LogP contribution in [0, 0.1) is 5.92 Å². The first-order valence-corrected chi connectivity index (χ1v) is 8.97. The number of aromatic nitrogens is 4. The molecular formula is C18H19ClN6O2. The Bertz CT molecular complexity index is 1000. The molecule has 140 valence electrons. The topological polar surface area (TPSA) is 108 Å². The number of halogens is 1. The van der Waals surface area contributed by atoms with Gasteiger partial charge in [0.05, 0.1) is 19.3 Å². The van der Waals surface area contributed by atoms with Crippen LogP contribution in [0.2, 0.25) is 5.15 Å². The summed E-state index contributed by atoms with van der Waals surface area (Å²) < 4.78 is 6.88. The molecule has 1 aliphatic carbocycles. The fourth-order valence-electron chi connectivity index (χ4n) is 3.16. The number of ether oxygens (including phenoxy) is 1. The van der Waals surface area contributed by atoms with Gasteiger partial charge in [-0.1, -0.05) is 11.6 Å². The second-order valence-electron chi connectivity index (χ2n) is 6.59. The molecule has 0 unspecified atom stereocenters. The first-order valence-electron chi connectivity index (χ1n) is 8.59. The summed E-state index contributed by atoms with van der Waals surface area (Å²) in [5.74, 6) is 0.848. The van der Waals surface area contributed by atoms with E-state index in [0.29, 0.717) is 35.3 Å². The van der Waals surface area contributed by atoms with E-state index >= 15 is 0 Å².